The number of carboxylic acids is 1. The van der Waals surface area contributed by atoms with Gasteiger partial charge in [-0.1, -0.05) is 24.5 Å². The van der Waals surface area contributed by atoms with E-state index >= 15 is 0 Å². The van der Waals surface area contributed by atoms with Crippen LogP contribution in [0, 0.1) is 11.3 Å². The summed E-state index contributed by atoms with van der Waals surface area (Å²) in [5.41, 5.74) is 1.19. The molecule has 72 valence electrons. The highest BCUT2D eigenvalue weighted by Gasteiger charge is 2.48. The average molecular weight is 180 g/mol. The number of hydrogen-bond acceptors (Lipinski definition) is 1. The van der Waals surface area contributed by atoms with E-state index in [4.69, 9.17) is 5.11 Å². The van der Waals surface area contributed by atoms with Crippen molar-refractivity contribution in [3.8, 4) is 0 Å². The summed E-state index contributed by atoms with van der Waals surface area (Å²) < 4.78 is 0. The van der Waals surface area contributed by atoms with Gasteiger partial charge in [-0.15, -0.1) is 0 Å². The third-order valence-corrected chi connectivity index (χ3v) is 3.74. The van der Waals surface area contributed by atoms with Crippen molar-refractivity contribution >= 4 is 5.97 Å². The zero-order valence-corrected chi connectivity index (χ0v) is 8.05. The monoisotopic (exact) mass is 180 g/mol. The Labute approximate surface area is 78.6 Å². The lowest BCUT2D eigenvalue weighted by molar-refractivity contribution is -0.144. The Morgan fingerprint density at radius 2 is 2.15 bits per heavy atom. The molecule has 1 saturated carbocycles. The van der Waals surface area contributed by atoms with Crippen molar-refractivity contribution in [2.75, 3.05) is 0 Å². The molecule has 0 aliphatic heterocycles. The highest BCUT2D eigenvalue weighted by atomic mass is 16.4. The molecule has 2 aliphatic rings. The summed E-state index contributed by atoms with van der Waals surface area (Å²) in [6, 6.07) is 0. The van der Waals surface area contributed by atoms with E-state index in [2.05, 4.69) is 6.08 Å². The van der Waals surface area contributed by atoms with Gasteiger partial charge in [-0.25, -0.2) is 0 Å². The Morgan fingerprint density at radius 3 is 2.69 bits per heavy atom. The van der Waals surface area contributed by atoms with Crippen molar-refractivity contribution in [3.63, 3.8) is 0 Å². The van der Waals surface area contributed by atoms with Gasteiger partial charge >= 0.3 is 5.97 Å². The molecular weight excluding hydrogens is 164 g/mol. The lowest BCUT2D eigenvalue weighted by atomic mass is 9.74. The third kappa shape index (κ3) is 1.19. The fourth-order valence-corrected chi connectivity index (χ4v) is 3.11. The molecule has 1 spiro atoms. The van der Waals surface area contributed by atoms with E-state index in [-0.39, 0.29) is 11.3 Å². The van der Waals surface area contributed by atoms with Crippen LogP contribution in [0.1, 0.15) is 39.0 Å². The summed E-state index contributed by atoms with van der Waals surface area (Å²) in [5.74, 6) is -0.803. The molecule has 2 rings (SSSR count). The fourth-order valence-electron chi connectivity index (χ4n) is 3.11. The molecule has 0 aromatic heterocycles. The summed E-state index contributed by atoms with van der Waals surface area (Å²) in [7, 11) is 0. The molecule has 13 heavy (non-hydrogen) atoms. The predicted octanol–water partition coefficient (Wildman–Crippen LogP) is 2.60. The van der Waals surface area contributed by atoms with Gasteiger partial charge in [0.2, 0.25) is 0 Å². The standard InChI is InChI=1S/C11H16O2/c1-8-4-7-11(5-2-3-6-11)9(8)10(12)13/h4,9H,2-3,5-7H2,1H3,(H,12,13). The van der Waals surface area contributed by atoms with E-state index < -0.39 is 5.97 Å². The molecule has 2 aliphatic carbocycles. The van der Waals surface area contributed by atoms with Crippen molar-refractivity contribution in [2.24, 2.45) is 11.3 Å². The van der Waals surface area contributed by atoms with Gasteiger partial charge in [0, 0.05) is 0 Å². The van der Waals surface area contributed by atoms with Gasteiger partial charge in [0.1, 0.15) is 0 Å². The van der Waals surface area contributed by atoms with Crippen LogP contribution in [0.15, 0.2) is 11.6 Å². The van der Waals surface area contributed by atoms with E-state index in [1.165, 1.54) is 12.8 Å². The lowest BCUT2D eigenvalue weighted by Crippen LogP contribution is -2.30. The lowest BCUT2D eigenvalue weighted by Gasteiger charge is -2.29. The van der Waals surface area contributed by atoms with E-state index in [0.717, 1.165) is 24.8 Å². The van der Waals surface area contributed by atoms with Crippen LogP contribution in [0.4, 0.5) is 0 Å². The maximum atomic E-state index is 11.1. The molecule has 0 saturated heterocycles. The largest absolute Gasteiger partial charge is 0.481 e. The molecule has 1 unspecified atom stereocenters. The quantitative estimate of drug-likeness (QED) is 0.630. The smallest absolute Gasteiger partial charge is 0.311 e. The Bertz CT molecular complexity index is 259. The summed E-state index contributed by atoms with van der Waals surface area (Å²) in [6.45, 7) is 1.96. The van der Waals surface area contributed by atoms with Crippen molar-refractivity contribution in [2.45, 2.75) is 39.0 Å². The molecule has 0 radical (unpaired) electrons. The van der Waals surface area contributed by atoms with E-state index in [1.54, 1.807) is 0 Å². The minimum absolute atomic E-state index is 0.107. The van der Waals surface area contributed by atoms with Crippen LogP contribution in [0.3, 0.4) is 0 Å². The second kappa shape index (κ2) is 2.86. The van der Waals surface area contributed by atoms with Crippen molar-refractivity contribution < 1.29 is 9.90 Å². The number of allylic oxidation sites excluding steroid dienone is 1. The van der Waals surface area contributed by atoms with Gasteiger partial charge in [0.15, 0.2) is 0 Å². The van der Waals surface area contributed by atoms with Crippen molar-refractivity contribution in [3.05, 3.63) is 11.6 Å². The van der Waals surface area contributed by atoms with Gasteiger partial charge in [-0.05, 0) is 31.6 Å². The average Bonchev–Trinajstić information content (AvgIpc) is 2.61. The predicted molar refractivity (Wildman–Crippen MR) is 50.4 cm³/mol. The normalized spacial score (nSPS) is 30.8. The van der Waals surface area contributed by atoms with Crippen LogP contribution < -0.4 is 0 Å². The van der Waals surface area contributed by atoms with Gasteiger partial charge in [0.05, 0.1) is 5.92 Å². The number of hydrogen-bond donors (Lipinski definition) is 1. The molecule has 0 aromatic carbocycles. The molecule has 2 nitrogen and oxygen atoms in total. The van der Waals surface area contributed by atoms with E-state index in [9.17, 15) is 4.79 Å². The second-order valence-corrected chi connectivity index (χ2v) is 4.49. The van der Waals surface area contributed by atoms with Crippen molar-refractivity contribution in [1.29, 1.82) is 0 Å². The highest BCUT2D eigenvalue weighted by molar-refractivity contribution is 5.75. The Kier molecular flexibility index (Phi) is 1.94. The van der Waals surface area contributed by atoms with Gasteiger partial charge in [0.25, 0.3) is 0 Å². The summed E-state index contributed by atoms with van der Waals surface area (Å²) in [4.78, 5) is 11.1. The Balaban J connectivity index is 2.27. The van der Waals surface area contributed by atoms with Gasteiger partial charge < -0.3 is 5.11 Å². The zero-order valence-electron chi connectivity index (χ0n) is 8.05. The molecule has 0 heterocycles. The van der Waals surface area contributed by atoms with Gasteiger partial charge in [-0.2, -0.15) is 0 Å². The molecule has 2 heteroatoms. The minimum Gasteiger partial charge on any atom is -0.481 e. The molecule has 1 fully saturated rings. The van der Waals surface area contributed by atoms with Crippen LogP contribution in [0.25, 0.3) is 0 Å². The minimum atomic E-state index is -0.617. The van der Waals surface area contributed by atoms with Crippen LogP contribution in [0.5, 0.6) is 0 Å². The molecule has 0 amide bonds. The fraction of sp³-hybridized carbons (Fsp3) is 0.727. The molecule has 0 bridgehead atoms. The first-order valence-electron chi connectivity index (χ1n) is 5.05. The van der Waals surface area contributed by atoms with Crippen LogP contribution >= 0.6 is 0 Å². The number of rotatable bonds is 1. The third-order valence-electron chi connectivity index (χ3n) is 3.74. The van der Waals surface area contributed by atoms with Crippen LogP contribution in [-0.2, 0) is 4.79 Å². The topological polar surface area (TPSA) is 37.3 Å². The first-order valence-corrected chi connectivity index (χ1v) is 5.05. The van der Waals surface area contributed by atoms with Gasteiger partial charge in [-0.3, -0.25) is 4.79 Å². The number of carboxylic acid groups (broad SMARTS) is 1. The number of carbonyl (C=O) groups is 1. The Hall–Kier alpha value is -0.790. The number of aliphatic carboxylic acids is 1. The SMILES string of the molecule is CC1=CCC2(CCCC2)C1C(=O)O. The Morgan fingerprint density at radius 1 is 1.54 bits per heavy atom. The summed E-state index contributed by atoms with van der Waals surface area (Å²) in [6.07, 6.45) is 7.77. The summed E-state index contributed by atoms with van der Waals surface area (Å²) in [5, 5.41) is 9.17. The second-order valence-electron chi connectivity index (χ2n) is 4.49. The van der Waals surface area contributed by atoms with E-state index in [1.807, 2.05) is 6.92 Å². The zero-order chi connectivity index (χ0) is 9.47. The van der Waals surface area contributed by atoms with Crippen LogP contribution in [0.2, 0.25) is 0 Å². The summed E-state index contributed by atoms with van der Waals surface area (Å²) >= 11 is 0. The van der Waals surface area contributed by atoms with Crippen LogP contribution in [-0.4, -0.2) is 11.1 Å². The van der Waals surface area contributed by atoms with Crippen molar-refractivity contribution in [1.82, 2.24) is 0 Å². The molecular formula is C11H16O2. The maximum absolute atomic E-state index is 11.1. The van der Waals surface area contributed by atoms with E-state index in [0.29, 0.717) is 0 Å². The molecule has 1 atom stereocenters. The maximum Gasteiger partial charge on any atom is 0.311 e. The molecule has 1 N–H and O–H groups in total. The highest BCUT2D eigenvalue weighted by Crippen LogP contribution is 2.53. The first-order chi connectivity index (χ1) is 6.16. The molecule has 0 aromatic rings. The first kappa shape index (κ1) is 8.79.